The van der Waals surface area contributed by atoms with Crippen molar-refractivity contribution in [2.75, 3.05) is 5.32 Å². The minimum absolute atomic E-state index is 0.915. The van der Waals surface area contributed by atoms with Crippen LogP contribution in [0.1, 0.15) is 4.88 Å². The summed E-state index contributed by atoms with van der Waals surface area (Å²) in [5.41, 5.74) is 1.18. The lowest BCUT2D eigenvalue weighted by molar-refractivity contribution is 1.19. The molecule has 1 nitrogen and oxygen atoms in total. The summed E-state index contributed by atoms with van der Waals surface area (Å²) in [4.78, 5) is 1.36. The van der Waals surface area contributed by atoms with E-state index in [4.69, 9.17) is 0 Å². The van der Waals surface area contributed by atoms with Crippen molar-refractivity contribution >= 4 is 39.6 Å². The molecule has 0 radical (unpaired) electrons. The van der Waals surface area contributed by atoms with Gasteiger partial charge in [-0.1, -0.05) is 6.07 Å². The largest absolute Gasteiger partial charge is 0.380 e. The summed E-state index contributed by atoms with van der Waals surface area (Å²) < 4.78 is 1.27. The zero-order chi connectivity index (χ0) is 9.80. The van der Waals surface area contributed by atoms with E-state index in [1.165, 1.54) is 14.1 Å². The molecule has 1 heterocycles. The van der Waals surface area contributed by atoms with Crippen LogP contribution in [0.15, 0.2) is 41.8 Å². The number of rotatable bonds is 3. The van der Waals surface area contributed by atoms with Crippen LogP contribution in [-0.4, -0.2) is 0 Å². The molecule has 1 aromatic carbocycles. The van der Waals surface area contributed by atoms with Crippen molar-refractivity contribution in [3.8, 4) is 0 Å². The van der Waals surface area contributed by atoms with Gasteiger partial charge in [0.2, 0.25) is 0 Å². The average molecular weight is 315 g/mol. The predicted octanol–water partition coefficient (Wildman–Crippen LogP) is 3.96. The fourth-order valence-electron chi connectivity index (χ4n) is 1.17. The Morgan fingerprint density at radius 3 is 2.57 bits per heavy atom. The van der Waals surface area contributed by atoms with Gasteiger partial charge in [0.25, 0.3) is 0 Å². The van der Waals surface area contributed by atoms with Crippen LogP contribution < -0.4 is 5.32 Å². The molecule has 0 saturated carbocycles. The lowest BCUT2D eigenvalue weighted by Gasteiger charge is -2.04. The van der Waals surface area contributed by atoms with Crippen LogP contribution in [0.2, 0.25) is 0 Å². The highest BCUT2D eigenvalue weighted by Crippen LogP contribution is 2.14. The number of hydrogen-bond acceptors (Lipinski definition) is 2. The van der Waals surface area contributed by atoms with Crippen LogP contribution >= 0.6 is 33.9 Å². The number of halogens is 1. The molecule has 72 valence electrons. The highest BCUT2D eigenvalue weighted by molar-refractivity contribution is 14.1. The Labute approximate surface area is 101 Å². The van der Waals surface area contributed by atoms with E-state index < -0.39 is 0 Å². The smallest absolute Gasteiger partial charge is 0.0494 e. The van der Waals surface area contributed by atoms with Gasteiger partial charge in [0.05, 0.1) is 0 Å². The number of thiophene rings is 1. The third kappa shape index (κ3) is 2.72. The monoisotopic (exact) mass is 315 g/mol. The molecule has 0 amide bonds. The highest BCUT2D eigenvalue weighted by atomic mass is 127. The first-order valence-electron chi connectivity index (χ1n) is 4.36. The van der Waals surface area contributed by atoms with Gasteiger partial charge in [-0.05, 0) is 58.3 Å². The maximum absolute atomic E-state index is 3.38. The molecule has 0 saturated heterocycles. The van der Waals surface area contributed by atoms with Gasteiger partial charge in [-0.3, -0.25) is 0 Å². The molecule has 0 aliphatic heterocycles. The molecule has 3 heteroatoms. The van der Waals surface area contributed by atoms with Gasteiger partial charge in [0.1, 0.15) is 0 Å². The molecule has 0 unspecified atom stereocenters. The number of nitrogens with one attached hydrogen (secondary N) is 1. The van der Waals surface area contributed by atoms with Crippen molar-refractivity contribution < 1.29 is 0 Å². The van der Waals surface area contributed by atoms with Gasteiger partial charge in [-0.15, -0.1) is 11.3 Å². The molecule has 0 fully saturated rings. The molecule has 1 aromatic heterocycles. The molecular weight excluding hydrogens is 305 g/mol. The minimum Gasteiger partial charge on any atom is -0.380 e. The van der Waals surface area contributed by atoms with Gasteiger partial charge in [-0.2, -0.15) is 0 Å². The summed E-state index contributed by atoms with van der Waals surface area (Å²) in [6, 6.07) is 12.7. The molecule has 14 heavy (non-hydrogen) atoms. The molecule has 2 aromatic rings. The van der Waals surface area contributed by atoms with Crippen LogP contribution in [0.25, 0.3) is 0 Å². The molecule has 1 N–H and O–H groups in total. The van der Waals surface area contributed by atoms with Crippen LogP contribution in [0, 0.1) is 3.57 Å². The van der Waals surface area contributed by atoms with E-state index in [-0.39, 0.29) is 0 Å². The number of anilines is 1. The van der Waals surface area contributed by atoms with Gasteiger partial charge < -0.3 is 5.32 Å². The summed E-state index contributed by atoms with van der Waals surface area (Å²) in [6.07, 6.45) is 0. The van der Waals surface area contributed by atoms with Gasteiger partial charge in [0.15, 0.2) is 0 Å². The summed E-state index contributed by atoms with van der Waals surface area (Å²) >= 11 is 4.09. The average Bonchev–Trinajstić information content (AvgIpc) is 2.70. The molecule has 0 bridgehead atoms. The Morgan fingerprint density at radius 1 is 1.14 bits per heavy atom. The van der Waals surface area contributed by atoms with E-state index in [1.807, 2.05) is 0 Å². The van der Waals surface area contributed by atoms with Crippen LogP contribution in [-0.2, 0) is 6.54 Å². The Kier molecular flexibility index (Phi) is 3.42. The lowest BCUT2D eigenvalue weighted by Crippen LogP contribution is -1.96. The quantitative estimate of drug-likeness (QED) is 0.845. The fourth-order valence-corrected chi connectivity index (χ4v) is 2.17. The molecular formula is C11H10INS. The van der Waals surface area contributed by atoms with Crippen molar-refractivity contribution in [2.45, 2.75) is 6.54 Å². The molecule has 0 aliphatic carbocycles. The van der Waals surface area contributed by atoms with Crippen molar-refractivity contribution in [1.82, 2.24) is 0 Å². The van der Waals surface area contributed by atoms with Crippen molar-refractivity contribution in [3.63, 3.8) is 0 Å². The summed E-state index contributed by atoms with van der Waals surface area (Å²) in [5.74, 6) is 0. The topological polar surface area (TPSA) is 12.0 Å². The molecule has 0 spiro atoms. The zero-order valence-electron chi connectivity index (χ0n) is 7.53. The number of hydrogen-bond donors (Lipinski definition) is 1. The van der Waals surface area contributed by atoms with Crippen molar-refractivity contribution in [1.29, 1.82) is 0 Å². The first-order chi connectivity index (χ1) is 6.84. The SMILES string of the molecule is Ic1ccc(NCc2cccs2)cc1. The summed E-state index contributed by atoms with van der Waals surface area (Å²) in [6.45, 7) is 0.915. The zero-order valence-corrected chi connectivity index (χ0v) is 10.5. The van der Waals surface area contributed by atoms with E-state index in [0.717, 1.165) is 6.54 Å². The fraction of sp³-hybridized carbons (Fsp3) is 0.0909. The molecule has 0 atom stereocenters. The summed E-state index contributed by atoms with van der Waals surface area (Å²) in [7, 11) is 0. The Hall–Kier alpha value is -0.550. The Balaban J connectivity index is 1.95. The molecule has 2 rings (SSSR count). The minimum atomic E-state index is 0.915. The normalized spacial score (nSPS) is 10.1. The number of benzene rings is 1. The third-order valence-electron chi connectivity index (χ3n) is 1.89. The van der Waals surface area contributed by atoms with Crippen molar-refractivity contribution in [3.05, 3.63) is 50.2 Å². The van der Waals surface area contributed by atoms with E-state index in [1.54, 1.807) is 11.3 Å². The van der Waals surface area contributed by atoms with Crippen LogP contribution in [0.5, 0.6) is 0 Å². The van der Waals surface area contributed by atoms with E-state index >= 15 is 0 Å². The van der Waals surface area contributed by atoms with Gasteiger partial charge in [0, 0.05) is 20.7 Å². The van der Waals surface area contributed by atoms with Gasteiger partial charge in [-0.25, -0.2) is 0 Å². The Bertz CT molecular complexity index is 380. The second kappa shape index (κ2) is 4.79. The van der Waals surface area contributed by atoms with Crippen LogP contribution in [0.3, 0.4) is 0 Å². The first kappa shape index (κ1) is 9.98. The lowest BCUT2D eigenvalue weighted by atomic mass is 10.3. The second-order valence-corrected chi connectivity index (χ2v) is 5.22. The predicted molar refractivity (Wildman–Crippen MR) is 70.8 cm³/mol. The maximum Gasteiger partial charge on any atom is 0.0494 e. The molecule has 0 aliphatic rings. The van der Waals surface area contributed by atoms with Crippen molar-refractivity contribution in [2.24, 2.45) is 0 Å². The van der Waals surface area contributed by atoms with E-state index in [0.29, 0.717) is 0 Å². The van der Waals surface area contributed by atoms with Crippen LogP contribution in [0.4, 0.5) is 5.69 Å². The maximum atomic E-state index is 3.38. The standard InChI is InChI=1S/C11H10INS/c12-9-3-5-10(6-4-9)13-8-11-2-1-7-14-11/h1-7,13H,8H2. The summed E-state index contributed by atoms with van der Waals surface area (Å²) in [5, 5.41) is 5.48. The van der Waals surface area contributed by atoms with E-state index in [9.17, 15) is 0 Å². The Morgan fingerprint density at radius 2 is 1.93 bits per heavy atom. The first-order valence-corrected chi connectivity index (χ1v) is 6.32. The van der Waals surface area contributed by atoms with E-state index in [2.05, 4.69) is 69.7 Å². The third-order valence-corrected chi connectivity index (χ3v) is 3.49. The van der Waals surface area contributed by atoms with Gasteiger partial charge >= 0.3 is 0 Å². The highest BCUT2D eigenvalue weighted by Gasteiger charge is 1.94. The second-order valence-electron chi connectivity index (χ2n) is 2.94.